The molecule has 2 nitrogen and oxygen atoms in total. The number of hydrogen-bond donors (Lipinski definition) is 0. The number of rotatable bonds is 2. The van der Waals surface area contributed by atoms with Gasteiger partial charge in [-0.3, -0.25) is 4.98 Å². The molecule has 0 bridgehead atoms. The molecule has 4 aromatic rings. The van der Waals surface area contributed by atoms with Gasteiger partial charge in [0.2, 0.25) is 0 Å². The fourth-order valence-corrected chi connectivity index (χ4v) is 4.43. The van der Waals surface area contributed by atoms with Crippen LogP contribution >= 0.6 is 15.9 Å². The molecule has 0 fully saturated rings. The van der Waals surface area contributed by atoms with E-state index >= 15 is 0 Å². The molecule has 0 radical (unpaired) electrons. The molecule has 0 saturated heterocycles. The summed E-state index contributed by atoms with van der Waals surface area (Å²) in [6.45, 7) is 0. The van der Waals surface area contributed by atoms with Crippen molar-refractivity contribution in [1.29, 1.82) is 0 Å². The Bertz CT molecular complexity index is 1080. The van der Waals surface area contributed by atoms with Gasteiger partial charge in [-0.1, -0.05) is 70.5 Å². The van der Waals surface area contributed by atoms with Crippen LogP contribution in [0.5, 0.6) is 11.5 Å². The summed E-state index contributed by atoms with van der Waals surface area (Å²) in [5.74, 6) is 1.73. The Balaban J connectivity index is 1.97. The van der Waals surface area contributed by atoms with Crippen molar-refractivity contribution in [2.75, 3.05) is 0 Å². The zero-order valence-corrected chi connectivity index (χ0v) is 16.1. The highest BCUT2D eigenvalue weighted by molar-refractivity contribution is 9.10. The van der Waals surface area contributed by atoms with E-state index in [0.717, 1.165) is 38.4 Å². The van der Waals surface area contributed by atoms with Gasteiger partial charge in [0.1, 0.15) is 11.5 Å². The Kier molecular flexibility index (Phi) is 3.83. The van der Waals surface area contributed by atoms with E-state index in [9.17, 15) is 0 Å². The molecule has 0 unspecified atom stereocenters. The second kappa shape index (κ2) is 6.36. The summed E-state index contributed by atoms with van der Waals surface area (Å²) in [7, 11) is 0. The van der Waals surface area contributed by atoms with Gasteiger partial charge in [-0.05, 0) is 42.0 Å². The van der Waals surface area contributed by atoms with Crippen LogP contribution in [0.1, 0.15) is 22.4 Å². The van der Waals surface area contributed by atoms with Crippen LogP contribution in [-0.2, 0) is 5.41 Å². The molecule has 5 rings (SSSR count). The maximum absolute atomic E-state index is 6.27. The number of para-hydroxylation sites is 2. The standard InChI is InChI=1S/C24H16BrNO/c25-18-9-7-8-17(16-18)24(23-14-5-6-15-26-23)19-10-1-3-12-21(19)27-22-13-4-2-11-20(22)24/h1-16H. The van der Waals surface area contributed by atoms with Gasteiger partial charge in [0.15, 0.2) is 0 Å². The molecule has 0 saturated carbocycles. The van der Waals surface area contributed by atoms with Gasteiger partial charge in [-0.15, -0.1) is 0 Å². The van der Waals surface area contributed by atoms with Crippen LogP contribution in [0.15, 0.2) is 102 Å². The molecule has 0 spiro atoms. The number of benzene rings is 3. The first kappa shape index (κ1) is 16.3. The summed E-state index contributed by atoms with van der Waals surface area (Å²) in [6.07, 6.45) is 1.86. The van der Waals surface area contributed by atoms with E-state index in [1.165, 1.54) is 0 Å². The van der Waals surface area contributed by atoms with Crippen LogP contribution in [0.4, 0.5) is 0 Å². The summed E-state index contributed by atoms with van der Waals surface area (Å²) in [5, 5.41) is 0. The molecule has 27 heavy (non-hydrogen) atoms. The molecule has 2 heterocycles. The number of hydrogen-bond acceptors (Lipinski definition) is 2. The van der Waals surface area contributed by atoms with E-state index in [2.05, 4.69) is 64.5 Å². The van der Waals surface area contributed by atoms with Crippen LogP contribution in [-0.4, -0.2) is 4.98 Å². The lowest BCUT2D eigenvalue weighted by molar-refractivity contribution is 0.432. The van der Waals surface area contributed by atoms with Crippen molar-refractivity contribution < 1.29 is 4.74 Å². The number of pyridine rings is 1. The maximum atomic E-state index is 6.27. The van der Waals surface area contributed by atoms with E-state index in [4.69, 9.17) is 9.72 Å². The molecule has 130 valence electrons. The van der Waals surface area contributed by atoms with Crippen LogP contribution in [0.25, 0.3) is 0 Å². The summed E-state index contributed by atoms with van der Waals surface area (Å²) in [6, 6.07) is 31.0. The smallest absolute Gasteiger partial charge is 0.132 e. The third kappa shape index (κ3) is 2.42. The molecule has 3 heteroatoms. The van der Waals surface area contributed by atoms with E-state index < -0.39 is 5.41 Å². The number of aromatic nitrogens is 1. The monoisotopic (exact) mass is 413 g/mol. The van der Waals surface area contributed by atoms with Crippen molar-refractivity contribution in [3.63, 3.8) is 0 Å². The zero-order chi connectivity index (χ0) is 18.3. The molecular weight excluding hydrogens is 398 g/mol. The third-order valence-corrected chi connectivity index (χ3v) is 5.60. The van der Waals surface area contributed by atoms with Crippen molar-refractivity contribution in [2.45, 2.75) is 5.41 Å². The highest BCUT2D eigenvalue weighted by Gasteiger charge is 2.46. The van der Waals surface area contributed by atoms with Crippen molar-refractivity contribution in [2.24, 2.45) is 0 Å². The van der Waals surface area contributed by atoms with E-state index in [1.54, 1.807) is 0 Å². The Morgan fingerprint density at radius 2 is 1.37 bits per heavy atom. The Morgan fingerprint density at radius 1 is 0.704 bits per heavy atom. The summed E-state index contributed by atoms with van der Waals surface area (Å²) >= 11 is 3.65. The lowest BCUT2D eigenvalue weighted by atomic mass is 9.65. The van der Waals surface area contributed by atoms with E-state index in [1.807, 2.05) is 48.7 Å². The number of halogens is 1. The number of nitrogens with zero attached hydrogens (tertiary/aromatic N) is 1. The Morgan fingerprint density at radius 3 is 2.00 bits per heavy atom. The van der Waals surface area contributed by atoms with Crippen molar-refractivity contribution >= 4 is 15.9 Å². The van der Waals surface area contributed by atoms with Crippen LogP contribution in [0, 0.1) is 0 Å². The third-order valence-electron chi connectivity index (χ3n) is 5.11. The average molecular weight is 414 g/mol. The van der Waals surface area contributed by atoms with Gasteiger partial charge >= 0.3 is 0 Å². The molecule has 0 atom stereocenters. The molecule has 3 aromatic carbocycles. The van der Waals surface area contributed by atoms with Crippen molar-refractivity contribution in [1.82, 2.24) is 4.98 Å². The van der Waals surface area contributed by atoms with Crippen molar-refractivity contribution in [3.05, 3.63) is 124 Å². The summed E-state index contributed by atoms with van der Waals surface area (Å²) in [5.41, 5.74) is 3.78. The van der Waals surface area contributed by atoms with E-state index in [0.29, 0.717) is 0 Å². The maximum Gasteiger partial charge on any atom is 0.132 e. The fraction of sp³-hybridized carbons (Fsp3) is 0.0417. The Labute approximate surface area is 166 Å². The van der Waals surface area contributed by atoms with Crippen LogP contribution in [0.2, 0.25) is 0 Å². The SMILES string of the molecule is Brc1cccc(C2(c3ccccn3)c3ccccc3Oc3ccccc32)c1. The second-order valence-electron chi connectivity index (χ2n) is 6.57. The highest BCUT2D eigenvalue weighted by atomic mass is 79.9. The highest BCUT2D eigenvalue weighted by Crippen LogP contribution is 2.54. The number of ether oxygens (including phenoxy) is 1. The molecule has 1 aromatic heterocycles. The zero-order valence-electron chi connectivity index (χ0n) is 14.5. The molecule has 0 N–H and O–H groups in total. The minimum absolute atomic E-state index is 0.545. The quantitative estimate of drug-likeness (QED) is 0.337. The average Bonchev–Trinajstić information content (AvgIpc) is 2.72. The van der Waals surface area contributed by atoms with Gasteiger partial charge in [-0.2, -0.15) is 0 Å². The molecule has 1 aliphatic rings. The summed E-state index contributed by atoms with van der Waals surface area (Å²) in [4.78, 5) is 4.81. The fourth-order valence-electron chi connectivity index (χ4n) is 4.04. The lowest BCUT2D eigenvalue weighted by Gasteiger charge is -2.40. The van der Waals surface area contributed by atoms with Crippen molar-refractivity contribution in [3.8, 4) is 11.5 Å². The van der Waals surface area contributed by atoms with Gasteiger partial charge in [0, 0.05) is 21.8 Å². The molecular formula is C24H16BrNO. The topological polar surface area (TPSA) is 22.1 Å². The van der Waals surface area contributed by atoms with Crippen LogP contribution in [0.3, 0.4) is 0 Å². The Hall–Kier alpha value is -2.91. The minimum atomic E-state index is -0.545. The van der Waals surface area contributed by atoms with Gasteiger partial charge in [0.25, 0.3) is 0 Å². The number of fused-ring (bicyclic) bond motifs is 2. The van der Waals surface area contributed by atoms with Gasteiger partial charge in [0.05, 0.1) is 11.1 Å². The van der Waals surface area contributed by atoms with Gasteiger partial charge in [-0.25, -0.2) is 0 Å². The summed E-state index contributed by atoms with van der Waals surface area (Å²) < 4.78 is 7.31. The second-order valence-corrected chi connectivity index (χ2v) is 7.49. The predicted octanol–water partition coefficient (Wildman–Crippen LogP) is 6.33. The van der Waals surface area contributed by atoms with Gasteiger partial charge < -0.3 is 4.74 Å². The molecule has 0 amide bonds. The van der Waals surface area contributed by atoms with E-state index in [-0.39, 0.29) is 0 Å². The predicted molar refractivity (Wildman–Crippen MR) is 110 cm³/mol. The lowest BCUT2D eigenvalue weighted by Crippen LogP contribution is -2.35. The first-order valence-electron chi connectivity index (χ1n) is 8.84. The first-order chi connectivity index (χ1) is 13.3. The normalized spacial score (nSPS) is 14.0. The first-order valence-corrected chi connectivity index (χ1v) is 9.64. The minimum Gasteiger partial charge on any atom is -0.457 e. The molecule has 1 aliphatic heterocycles. The largest absolute Gasteiger partial charge is 0.457 e. The van der Waals surface area contributed by atoms with Crippen LogP contribution < -0.4 is 4.74 Å². The molecule has 0 aliphatic carbocycles.